The predicted molar refractivity (Wildman–Crippen MR) is 131 cm³/mol. The molecule has 8 heteroatoms. The van der Waals surface area contributed by atoms with Gasteiger partial charge in [-0.1, -0.05) is 18.2 Å². The first-order valence-electron chi connectivity index (χ1n) is 11.3. The Balaban J connectivity index is 1.36. The van der Waals surface area contributed by atoms with Crippen LogP contribution in [0.1, 0.15) is 5.56 Å². The van der Waals surface area contributed by atoms with Crippen molar-refractivity contribution in [3.8, 4) is 23.0 Å². The zero-order valence-electron chi connectivity index (χ0n) is 19.2. The van der Waals surface area contributed by atoms with Gasteiger partial charge in [0, 0.05) is 38.8 Å². The van der Waals surface area contributed by atoms with E-state index >= 15 is 0 Å². The Kier molecular flexibility index (Phi) is 6.29. The van der Waals surface area contributed by atoms with Crippen molar-refractivity contribution in [2.24, 2.45) is 0 Å². The van der Waals surface area contributed by atoms with Crippen molar-refractivity contribution in [1.82, 2.24) is 4.90 Å². The normalized spacial score (nSPS) is 14.3. The van der Waals surface area contributed by atoms with Gasteiger partial charge in [0.05, 0.1) is 23.7 Å². The summed E-state index contributed by atoms with van der Waals surface area (Å²) >= 11 is 0. The largest absolute Gasteiger partial charge is 0.507 e. The zero-order chi connectivity index (χ0) is 24.4. The van der Waals surface area contributed by atoms with E-state index in [0.29, 0.717) is 66.4 Å². The van der Waals surface area contributed by atoms with Crippen LogP contribution in [0.4, 0.5) is 10.1 Å². The number of hydrogen-bond donors (Lipinski definition) is 1. The molecule has 180 valence electrons. The molecule has 0 radical (unpaired) electrons. The highest BCUT2D eigenvalue weighted by Gasteiger charge is 2.22. The van der Waals surface area contributed by atoms with E-state index in [0.717, 1.165) is 0 Å². The third-order valence-corrected chi connectivity index (χ3v) is 6.20. The number of piperazine rings is 1. The van der Waals surface area contributed by atoms with Crippen LogP contribution in [0.3, 0.4) is 0 Å². The summed E-state index contributed by atoms with van der Waals surface area (Å²) in [5.41, 5.74) is 1.12. The zero-order valence-corrected chi connectivity index (χ0v) is 19.2. The fourth-order valence-corrected chi connectivity index (χ4v) is 4.32. The highest BCUT2D eigenvalue weighted by atomic mass is 19.1. The lowest BCUT2D eigenvalue weighted by molar-refractivity contribution is 0.246. The Morgan fingerprint density at radius 3 is 2.54 bits per heavy atom. The third-order valence-electron chi connectivity index (χ3n) is 6.20. The Bertz CT molecular complexity index is 1410. The van der Waals surface area contributed by atoms with Gasteiger partial charge >= 0.3 is 0 Å². The van der Waals surface area contributed by atoms with Gasteiger partial charge in [-0.15, -0.1) is 0 Å². The Morgan fingerprint density at radius 2 is 1.77 bits per heavy atom. The molecule has 7 nitrogen and oxygen atoms in total. The molecular formula is C27H25FN2O5. The maximum absolute atomic E-state index is 14.1. The fraction of sp³-hybridized carbons (Fsp3) is 0.222. The van der Waals surface area contributed by atoms with Crippen molar-refractivity contribution in [3.63, 3.8) is 0 Å². The first-order valence-corrected chi connectivity index (χ1v) is 11.3. The van der Waals surface area contributed by atoms with Gasteiger partial charge in [0.25, 0.3) is 0 Å². The SMILES string of the molecule is COc1cccc(Oc2coc3c(CN4CCN(c5ccccc5F)CC4)c(O)ccc3c2=O)c1. The van der Waals surface area contributed by atoms with Crippen LogP contribution in [0.15, 0.2) is 76.1 Å². The number of phenolic OH excluding ortho intramolecular Hbond substituents is 1. The van der Waals surface area contributed by atoms with Crippen LogP contribution < -0.4 is 19.8 Å². The number of aromatic hydroxyl groups is 1. The van der Waals surface area contributed by atoms with Crippen molar-refractivity contribution in [2.45, 2.75) is 6.54 Å². The molecule has 1 aromatic heterocycles. The van der Waals surface area contributed by atoms with E-state index in [1.54, 1.807) is 43.5 Å². The Labute approximate surface area is 201 Å². The molecule has 1 saturated heterocycles. The van der Waals surface area contributed by atoms with Gasteiger partial charge in [-0.05, 0) is 36.4 Å². The van der Waals surface area contributed by atoms with E-state index in [1.165, 1.54) is 24.5 Å². The summed E-state index contributed by atoms with van der Waals surface area (Å²) in [6.07, 6.45) is 1.27. The van der Waals surface area contributed by atoms with E-state index in [2.05, 4.69) is 4.90 Å². The maximum atomic E-state index is 14.1. The van der Waals surface area contributed by atoms with Crippen molar-refractivity contribution < 1.29 is 23.4 Å². The standard InChI is InChI=1S/C27H25FN2O5/c1-33-18-5-4-6-19(15-18)35-25-17-34-27-20(26(25)32)9-10-24(31)21(27)16-29-11-13-30(14-12-29)23-8-3-2-7-22(23)28/h2-10,15,17,31H,11-14,16H2,1H3. The molecular weight excluding hydrogens is 451 g/mol. The molecule has 0 unspecified atom stereocenters. The van der Waals surface area contributed by atoms with E-state index in [4.69, 9.17) is 13.9 Å². The number of halogens is 1. The topological polar surface area (TPSA) is 75.4 Å². The van der Waals surface area contributed by atoms with E-state index in [1.807, 2.05) is 11.0 Å². The van der Waals surface area contributed by atoms with E-state index < -0.39 is 0 Å². The summed E-state index contributed by atoms with van der Waals surface area (Å²) in [6, 6.07) is 16.7. The van der Waals surface area contributed by atoms with Crippen molar-refractivity contribution in [3.05, 3.63) is 88.5 Å². The number of anilines is 1. The van der Waals surface area contributed by atoms with Gasteiger partial charge in [-0.25, -0.2) is 4.39 Å². The molecule has 5 rings (SSSR count). The Hall–Kier alpha value is -4.04. The molecule has 0 atom stereocenters. The minimum atomic E-state index is -0.334. The highest BCUT2D eigenvalue weighted by molar-refractivity contribution is 5.83. The maximum Gasteiger partial charge on any atom is 0.235 e. The number of phenols is 1. The van der Waals surface area contributed by atoms with Gasteiger partial charge < -0.3 is 23.9 Å². The third kappa shape index (κ3) is 4.65. The number of fused-ring (bicyclic) bond motifs is 1. The number of benzene rings is 3. The summed E-state index contributed by atoms with van der Waals surface area (Å²) in [5.74, 6) is 0.915. The van der Waals surface area contributed by atoms with Gasteiger partial charge in [0.1, 0.15) is 34.9 Å². The van der Waals surface area contributed by atoms with Crippen molar-refractivity contribution in [2.75, 3.05) is 38.2 Å². The fourth-order valence-electron chi connectivity index (χ4n) is 4.32. The van der Waals surface area contributed by atoms with Crippen molar-refractivity contribution in [1.29, 1.82) is 0 Å². The second kappa shape index (κ2) is 9.68. The predicted octanol–water partition coefficient (Wildman–Crippen LogP) is 4.76. The van der Waals surface area contributed by atoms with Crippen LogP contribution in [-0.2, 0) is 6.54 Å². The quantitative estimate of drug-likeness (QED) is 0.430. The van der Waals surface area contributed by atoms with Crippen LogP contribution in [0.5, 0.6) is 23.0 Å². The smallest absolute Gasteiger partial charge is 0.235 e. The minimum Gasteiger partial charge on any atom is -0.507 e. The molecule has 1 aliphatic heterocycles. The first kappa shape index (κ1) is 22.7. The lowest BCUT2D eigenvalue weighted by Crippen LogP contribution is -2.46. The average molecular weight is 477 g/mol. The second-order valence-corrected chi connectivity index (χ2v) is 8.36. The first-order chi connectivity index (χ1) is 17.0. The molecule has 1 N–H and O–H groups in total. The monoisotopic (exact) mass is 476 g/mol. The average Bonchev–Trinajstić information content (AvgIpc) is 2.88. The van der Waals surface area contributed by atoms with Crippen LogP contribution in [0, 0.1) is 5.82 Å². The van der Waals surface area contributed by atoms with Gasteiger partial charge in [0.2, 0.25) is 11.2 Å². The Morgan fingerprint density at radius 1 is 1.00 bits per heavy atom. The van der Waals surface area contributed by atoms with Gasteiger partial charge in [0.15, 0.2) is 0 Å². The molecule has 2 heterocycles. The number of nitrogens with zero attached hydrogens (tertiary/aromatic N) is 2. The van der Waals surface area contributed by atoms with Gasteiger partial charge in [-0.3, -0.25) is 9.69 Å². The molecule has 4 aromatic rings. The van der Waals surface area contributed by atoms with Crippen LogP contribution in [0.25, 0.3) is 11.0 Å². The molecule has 0 bridgehead atoms. The van der Waals surface area contributed by atoms with E-state index in [9.17, 15) is 14.3 Å². The number of rotatable bonds is 6. The summed E-state index contributed by atoms with van der Waals surface area (Å²) in [4.78, 5) is 17.3. The highest BCUT2D eigenvalue weighted by Crippen LogP contribution is 2.31. The van der Waals surface area contributed by atoms with Gasteiger partial charge in [-0.2, -0.15) is 0 Å². The second-order valence-electron chi connectivity index (χ2n) is 8.36. The number of para-hydroxylation sites is 1. The number of methoxy groups -OCH3 is 1. The molecule has 0 amide bonds. The lowest BCUT2D eigenvalue weighted by Gasteiger charge is -2.36. The van der Waals surface area contributed by atoms with E-state index in [-0.39, 0.29) is 22.7 Å². The number of hydrogen-bond acceptors (Lipinski definition) is 7. The summed E-state index contributed by atoms with van der Waals surface area (Å²) in [7, 11) is 1.55. The lowest BCUT2D eigenvalue weighted by atomic mass is 10.1. The molecule has 35 heavy (non-hydrogen) atoms. The molecule has 1 fully saturated rings. The minimum absolute atomic E-state index is 0.0425. The molecule has 0 spiro atoms. The summed E-state index contributed by atoms with van der Waals surface area (Å²) < 4.78 is 30.9. The molecule has 0 aliphatic carbocycles. The summed E-state index contributed by atoms with van der Waals surface area (Å²) in [6.45, 7) is 3.04. The van der Waals surface area contributed by atoms with Crippen LogP contribution in [-0.4, -0.2) is 43.3 Å². The molecule has 3 aromatic carbocycles. The van der Waals surface area contributed by atoms with Crippen LogP contribution in [0.2, 0.25) is 0 Å². The number of ether oxygens (including phenoxy) is 2. The molecule has 0 saturated carbocycles. The van der Waals surface area contributed by atoms with Crippen molar-refractivity contribution >= 4 is 16.7 Å². The summed E-state index contributed by atoms with van der Waals surface area (Å²) in [5, 5.41) is 10.9. The van der Waals surface area contributed by atoms with Crippen LogP contribution >= 0.6 is 0 Å². The molecule has 1 aliphatic rings.